The third-order valence-electron chi connectivity index (χ3n) is 4.52. The number of halogens is 1. The second kappa shape index (κ2) is 10.1. The second-order valence-corrected chi connectivity index (χ2v) is 8.34. The minimum absolute atomic E-state index is 0.0894. The first-order valence-electron chi connectivity index (χ1n) is 9.60. The molecule has 0 bridgehead atoms. The molecule has 0 aliphatic rings. The van der Waals surface area contributed by atoms with E-state index < -0.39 is 0 Å². The maximum absolute atomic E-state index is 13.1. The molecule has 2 aromatic rings. The largest absolute Gasteiger partial charge is 0.490 e. The molecule has 1 heterocycles. The minimum Gasteiger partial charge on any atom is -0.490 e. The Labute approximate surface area is 176 Å². The number of benzene rings is 1. The Morgan fingerprint density at radius 1 is 1.29 bits per heavy atom. The lowest BCUT2D eigenvalue weighted by atomic mass is 10.1. The number of rotatable bonds is 9. The van der Waals surface area contributed by atoms with Crippen LogP contribution >= 0.6 is 22.9 Å². The summed E-state index contributed by atoms with van der Waals surface area (Å²) < 4.78 is 11.5. The van der Waals surface area contributed by atoms with Crippen molar-refractivity contribution in [3.63, 3.8) is 0 Å². The Bertz CT molecular complexity index is 822. The monoisotopic (exact) mass is 424 g/mol. The van der Waals surface area contributed by atoms with Gasteiger partial charge < -0.3 is 14.4 Å². The van der Waals surface area contributed by atoms with Gasteiger partial charge in [-0.2, -0.15) is 0 Å². The van der Waals surface area contributed by atoms with E-state index in [0.717, 1.165) is 28.4 Å². The third kappa shape index (κ3) is 5.17. The summed E-state index contributed by atoms with van der Waals surface area (Å²) in [5, 5.41) is 1.38. The van der Waals surface area contributed by atoms with Crippen LogP contribution in [0.5, 0.6) is 11.5 Å². The first-order valence-corrected chi connectivity index (χ1v) is 10.8. The number of aryl methyl sites for hydroxylation is 2. The zero-order chi connectivity index (χ0) is 20.8. The van der Waals surface area contributed by atoms with Gasteiger partial charge in [-0.1, -0.05) is 24.9 Å². The van der Waals surface area contributed by atoms with Crippen LogP contribution in [-0.4, -0.2) is 36.1 Å². The van der Waals surface area contributed by atoms with E-state index in [1.54, 1.807) is 35.4 Å². The topological polar surface area (TPSA) is 51.7 Å². The summed E-state index contributed by atoms with van der Waals surface area (Å²) in [6, 6.07) is 3.28. The van der Waals surface area contributed by atoms with Gasteiger partial charge in [-0.05, 0) is 46.2 Å². The normalized spacial score (nSPS) is 12.0. The molecule has 1 amide bonds. The molecule has 0 N–H and O–H groups in total. The van der Waals surface area contributed by atoms with Crippen molar-refractivity contribution in [2.75, 3.05) is 20.3 Å². The van der Waals surface area contributed by atoms with Crippen LogP contribution < -0.4 is 9.47 Å². The molecule has 2 rings (SSSR count). The zero-order valence-corrected chi connectivity index (χ0v) is 19.0. The fourth-order valence-corrected chi connectivity index (χ4v) is 4.19. The van der Waals surface area contributed by atoms with E-state index in [2.05, 4.69) is 11.9 Å². The van der Waals surface area contributed by atoms with Crippen molar-refractivity contribution < 1.29 is 14.3 Å². The standard InChI is InChI=1S/C21H29ClN2O3S/c1-7-9-10-27-19-17(22)11-16(12-18(19)26-8-2)21(25)24(6)14(4)20-13(3)23-15(5)28-20/h11-12,14H,7-10H2,1-6H3. The van der Waals surface area contributed by atoms with Gasteiger partial charge in [-0.15, -0.1) is 11.3 Å². The van der Waals surface area contributed by atoms with E-state index in [4.69, 9.17) is 21.1 Å². The molecule has 1 atom stereocenters. The molecule has 1 unspecified atom stereocenters. The smallest absolute Gasteiger partial charge is 0.254 e. The van der Waals surface area contributed by atoms with Gasteiger partial charge in [0.1, 0.15) is 0 Å². The zero-order valence-electron chi connectivity index (χ0n) is 17.5. The Morgan fingerprint density at radius 3 is 2.57 bits per heavy atom. The van der Waals surface area contributed by atoms with Gasteiger partial charge in [-0.25, -0.2) is 4.98 Å². The second-order valence-electron chi connectivity index (χ2n) is 6.69. The first-order chi connectivity index (χ1) is 13.3. The van der Waals surface area contributed by atoms with E-state index >= 15 is 0 Å². The number of carbonyl (C=O) groups is 1. The van der Waals surface area contributed by atoms with Crippen LogP contribution in [0.2, 0.25) is 5.02 Å². The number of hydrogen-bond donors (Lipinski definition) is 0. The molecule has 154 valence electrons. The molecule has 5 nitrogen and oxygen atoms in total. The van der Waals surface area contributed by atoms with Gasteiger partial charge >= 0.3 is 0 Å². The SMILES string of the molecule is CCCCOc1c(Cl)cc(C(=O)N(C)C(C)c2sc(C)nc2C)cc1OCC. The molecule has 1 aromatic heterocycles. The predicted molar refractivity (Wildman–Crippen MR) is 115 cm³/mol. The average molecular weight is 425 g/mol. The van der Waals surface area contributed by atoms with Crippen molar-refractivity contribution in [2.24, 2.45) is 0 Å². The number of amides is 1. The van der Waals surface area contributed by atoms with Crippen molar-refractivity contribution in [3.8, 4) is 11.5 Å². The minimum atomic E-state index is -0.124. The van der Waals surface area contributed by atoms with E-state index in [-0.39, 0.29) is 11.9 Å². The molecule has 0 aliphatic heterocycles. The van der Waals surface area contributed by atoms with Crippen LogP contribution in [0, 0.1) is 13.8 Å². The van der Waals surface area contributed by atoms with Crippen LogP contribution in [0.1, 0.15) is 65.6 Å². The Kier molecular flexibility index (Phi) is 8.13. The molecular formula is C21H29ClN2O3S. The molecule has 0 fully saturated rings. The molecule has 0 saturated carbocycles. The van der Waals surface area contributed by atoms with Crippen LogP contribution in [0.4, 0.5) is 0 Å². The van der Waals surface area contributed by atoms with Crippen LogP contribution in [-0.2, 0) is 0 Å². The van der Waals surface area contributed by atoms with E-state index in [1.165, 1.54) is 0 Å². The highest BCUT2D eigenvalue weighted by Gasteiger charge is 2.24. The van der Waals surface area contributed by atoms with E-state index in [0.29, 0.717) is 35.3 Å². The van der Waals surface area contributed by atoms with Crippen LogP contribution in [0.25, 0.3) is 0 Å². The van der Waals surface area contributed by atoms with Crippen molar-refractivity contribution >= 4 is 28.8 Å². The van der Waals surface area contributed by atoms with Crippen molar-refractivity contribution in [2.45, 2.75) is 53.5 Å². The summed E-state index contributed by atoms with van der Waals surface area (Å²) in [5.74, 6) is 0.874. The average Bonchev–Trinajstić information content (AvgIpc) is 3.00. The summed E-state index contributed by atoms with van der Waals surface area (Å²) in [6.07, 6.45) is 1.95. The third-order valence-corrected chi connectivity index (χ3v) is 6.04. The Morgan fingerprint density at radius 2 is 2.00 bits per heavy atom. The Hall–Kier alpha value is -1.79. The first kappa shape index (κ1) is 22.5. The molecule has 1 aromatic carbocycles. The molecule has 0 saturated heterocycles. The summed E-state index contributed by atoms with van der Waals surface area (Å²) in [7, 11) is 1.79. The lowest BCUT2D eigenvalue weighted by molar-refractivity contribution is 0.0744. The van der Waals surface area contributed by atoms with Gasteiger partial charge in [0.25, 0.3) is 5.91 Å². The fourth-order valence-electron chi connectivity index (χ4n) is 2.90. The van der Waals surface area contributed by atoms with Crippen molar-refractivity contribution in [1.82, 2.24) is 9.88 Å². The maximum atomic E-state index is 13.1. The van der Waals surface area contributed by atoms with E-state index in [1.807, 2.05) is 27.7 Å². The van der Waals surface area contributed by atoms with Crippen molar-refractivity contribution in [1.29, 1.82) is 0 Å². The van der Waals surface area contributed by atoms with Gasteiger partial charge in [0, 0.05) is 17.5 Å². The number of nitrogens with zero attached hydrogens (tertiary/aromatic N) is 2. The molecule has 0 spiro atoms. The number of aromatic nitrogens is 1. The summed E-state index contributed by atoms with van der Waals surface area (Å²) in [6.45, 7) is 11.0. The fraction of sp³-hybridized carbons (Fsp3) is 0.524. The van der Waals surface area contributed by atoms with Gasteiger partial charge in [-0.3, -0.25) is 4.79 Å². The summed E-state index contributed by atoms with van der Waals surface area (Å²) in [4.78, 5) is 20.4. The van der Waals surface area contributed by atoms with Crippen LogP contribution in [0.15, 0.2) is 12.1 Å². The van der Waals surface area contributed by atoms with Crippen LogP contribution in [0.3, 0.4) is 0 Å². The highest BCUT2D eigenvalue weighted by atomic mass is 35.5. The highest BCUT2D eigenvalue weighted by molar-refractivity contribution is 7.11. The number of unbranched alkanes of at least 4 members (excludes halogenated alkanes) is 1. The lowest BCUT2D eigenvalue weighted by Crippen LogP contribution is -2.29. The predicted octanol–water partition coefficient (Wildman–Crippen LogP) is 5.82. The van der Waals surface area contributed by atoms with Gasteiger partial charge in [0.05, 0.1) is 35.0 Å². The summed E-state index contributed by atoms with van der Waals surface area (Å²) >= 11 is 8.06. The maximum Gasteiger partial charge on any atom is 0.254 e. The van der Waals surface area contributed by atoms with Gasteiger partial charge in [0.2, 0.25) is 0 Å². The number of hydrogen-bond acceptors (Lipinski definition) is 5. The van der Waals surface area contributed by atoms with E-state index in [9.17, 15) is 4.79 Å². The lowest BCUT2D eigenvalue weighted by Gasteiger charge is -2.25. The summed E-state index contributed by atoms with van der Waals surface area (Å²) in [5.41, 5.74) is 1.44. The Balaban J connectivity index is 2.29. The number of thiazole rings is 1. The van der Waals surface area contributed by atoms with Crippen molar-refractivity contribution in [3.05, 3.63) is 38.3 Å². The quantitative estimate of drug-likeness (QED) is 0.475. The number of ether oxygens (including phenoxy) is 2. The molecule has 7 heteroatoms. The number of carbonyl (C=O) groups excluding carboxylic acids is 1. The molecule has 0 aliphatic carbocycles. The molecular weight excluding hydrogens is 396 g/mol. The molecule has 28 heavy (non-hydrogen) atoms. The molecule has 0 radical (unpaired) electrons. The highest BCUT2D eigenvalue weighted by Crippen LogP contribution is 2.38. The van der Waals surface area contributed by atoms with Gasteiger partial charge in [0.15, 0.2) is 11.5 Å².